The molecule has 4 nitrogen and oxygen atoms in total. The molecule has 1 heterocycles. The first-order valence-electron chi connectivity index (χ1n) is 5.91. The lowest BCUT2D eigenvalue weighted by Gasteiger charge is -2.24. The smallest absolute Gasteiger partial charge is 0.321 e. The van der Waals surface area contributed by atoms with E-state index in [1.54, 1.807) is 23.9 Å². The lowest BCUT2D eigenvalue weighted by molar-refractivity contribution is -0.138. The van der Waals surface area contributed by atoms with Gasteiger partial charge in [0.2, 0.25) is 0 Å². The number of phenolic OH excluding ortho intramolecular Hbond substituents is 1. The van der Waals surface area contributed by atoms with Crippen molar-refractivity contribution in [1.29, 1.82) is 0 Å². The Hall–Kier alpha value is -1.20. The third kappa shape index (κ3) is 3.17. The number of hydrogen-bond donors (Lipinski definition) is 3. The molecule has 18 heavy (non-hydrogen) atoms. The van der Waals surface area contributed by atoms with Gasteiger partial charge in [-0.15, -0.1) is 11.8 Å². The number of carboxylic acids is 1. The maximum Gasteiger partial charge on any atom is 0.321 e. The van der Waals surface area contributed by atoms with Gasteiger partial charge in [0.1, 0.15) is 11.8 Å². The van der Waals surface area contributed by atoms with E-state index in [4.69, 9.17) is 5.11 Å². The highest BCUT2D eigenvalue weighted by molar-refractivity contribution is 8.00. The molecule has 0 aliphatic carbocycles. The van der Waals surface area contributed by atoms with Gasteiger partial charge in [0, 0.05) is 5.75 Å². The number of aromatic hydroxyl groups is 1. The monoisotopic (exact) mass is 267 g/mol. The topological polar surface area (TPSA) is 69.6 Å². The number of hydrogen-bond acceptors (Lipinski definition) is 4. The van der Waals surface area contributed by atoms with Crippen LogP contribution in [-0.2, 0) is 11.2 Å². The summed E-state index contributed by atoms with van der Waals surface area (Å²) in [5.74, 6) is 0.0987. The second-order valence-corrected chi connectivity index (χ2v) is 6.27. The average molecular weight is 267 g/mol. The number of nitrogens with one attached hydrogen (secondary N) is 1. The number of aliphatic carboxylic acids is 1. The average Bonchev–Trinajstić information content (AvgIpc) is 2.72. The minimum Gasteiger partial charge on any atom is -0.508 e. The van der Waals surface area contributed by atoms with E-state index in [-0.39, 0.29) is 10.6 Å². The van der Waals surface area contributed by atoms with Crippen LogP contribution in [0.25, 0.3) is 0 Å². The summed E-state index contributed by atoms with van der Waals surface area (Å²) in [5, 5.41) is 21.3. The molecular weight excluding hydrogens is 250 g/mol. The van der Waals surface area contributed by atoms with Gasteiger partial charge in [-0.1, -0.05) is 12.1 Å². The molecule has 2 atom stereocenters. The summed E-state index contributed by atoms with van der Waals surface area (Å²) < 4.78 is 0. The van der Waals surface area contributed by atoms with Crippen molar-refractivity contribution in [2.45, 2.75) is 30.7 Å². The van der Waals surface area contributed by atoms with Gasteiger partial charge in [-0.3, -0.25) is 10.1 Å². The van der Waals surface area contributed by atoms with E-state index in [1.807, 2.05) is 19.1 Å². The molecule has 98 valence electrons. The van der Waals surface area contributed by atoms with Crippen molar-refractivity contribution in [3.05, 3.63) is 29.8 Å². The van der Waals surface area contributed by atoms with E-state index in [1.165, 1.54) is 0 Å². The lowest BCUT2D eigenvalue weighted by Crippen LogP contribution is -2.43. The molecule has 0 bridgehead atoms. The van der Waals surface area contributed by atoms with E-state index >= 15 is 0 Å². The Bertz CT molecular complexity index is 434. The Morgan fingerprint density at radius 3 is 2.72 bits per heavy atom. The molecule has 0 spiro atoms. The van der Waals surface area contributed by atoms with Crippen LogP contribution in [-0.4, -0.2) is 32.8 Å². The Balaban J connectivity index is 1.90. The second kappa shape index (κ2) is 5.20. The van der Waals surface area contributed by atoms with Gasteiger partial charge in [-0.25, -0.2) is 0 Å². The highest BCUT2D eigenvalue weighted by Gasteiger charge is 2.37. The minimum atomic E-state index is -0.782. The SMILES string of the molecule is CC1(CCc2ccc(O)cc2)N[C@H](C(=O)O)CS1. The van der Waals surface area contributed by atoms with E-state index < -0.39 is 12.0 Å². The van der Waals surface area contributed by atoms with Crippen LogP contribution in [0.15, 0.2) is 24.3 Å². The van der Waals surface area contributed by atoms with E-state index in [0.29, 0.717) is 5.75 Å². The van der Waals surface area contributed by atoms with Crippen molar-refractivity contribution in [2.24, 2.45) is 0 Å². The standard InChI is InChI=1S/C13H17NO3S/c1-13(14-11(8-18-13)12(16)17)7-6-9-2-4-10(15)5-3-9/h2-5,11,14-15H,6-8H2,1H3,(H,16,17)/t11-,13?/m0/s1. The van der Waals surface area contributed by atoms with Gasteiger partial charge in [0.25, 0.3) is 0 Å². The maximum absolute atomic E-state index is 10.9. The van der Waals surface area contributed by atoms with Crippen LogP contribution in [0.2, 0.25) is 0 Å². The summed E-state index contributed by atoms with van der Waals surface area (Å²) in [6.07, 6.45) is 1.73. The number of carbonyl (C=O) groups is 1. The Morgan fingerprint density at radius 2 is 2.17 bits per heavy atom. The molecule has 0 aromatic heterocycles. The molecule has 1 aliphatic heterocycles. The zero-order valence-electron chi connectivity index (χ0n) is 10.2. The molecule has 0 amide bonds. The number of benzene rings is 1. The van der Waals surface area contributed by atoms with Crippen LogP contribution in [0.4, 0.5) is 0 Å². The largest absolute Gasteiger partial charge is 0.508 e. The highest BCUT2D eigenvalue weighted by Crippen LogP contribution is 2.34. The van der Waals surface area contributed by atoms with Crippen molar-refractivity contribution in [1.82, 2.24) is 5.32 Å². The summed E-state index contributed by atoms with van der Waals surface area (Å²) in [7, 11) is 0. The van der Waals surface area contributed by atoms with Crippen LogP contribution in [0, 0.1) is 0 Å². The molecule has 5 heteroatoms. The fourth-order valence-corrected chi connectivity index (χ4v) is 3.27. The molecule has 1 aromatic carbocycles. The summed E-state index contributed by atoms with van der Waals surface area (Å²) in [5.41, 5.74) is 1.15. The molecule has 1 unspecified atom stereocenters. The van der Waals surface area contributed by atoms with Crippen molar-refractivity contribution in [3.63, 3.8) is 0 Å². The van der Waals surface area contributed by atoms with Crippen LogP contribution < -0.4 is 5.32 Å². The zero-order chi connectivity index (χ0) is 13.2. The van der Waals surface area contributed by atoms with Crippen molar-refractivity contribution in [2.75, 3.05) is 5.75 Å². The summed E-state index contributed by atoms with van der Waals surface area (Å²) >= 11 is 1.66. The van der Waals surface area contributed by atoms with E-state index in [0.717, 1.165) is 18.4 Å². The van der Waals surface area contributed by atoms with Crippen LogP contribution in [0.1, 0.15) is 18.9 Å². The van der Waals surface area contributed by atoms with E-state index in [2.05, 4.69) is 5.32 Å². The number of aryl methyl sites for hydroxylation is 1. The Labute approximate surface area is 110 Å². The molecule has 0 radical (unpaired) electrons. The predicted octanol–water partition coefficient (Wildman–Crippen LogP) is 1.83. The van der Waals surface area contributed by atoms with Gasteiger partial charge in [0.15, 0.2) is 0 Å². The summed E-state index contributed by atoms with van der Waals surface area (Å²) in [6, 6.07) is 6.69. The van der Waals surface area contributed by atoms with Crippen LogP contribution >= 0.6 is 11.8 Å². The Morgan fingerprint density at radius 1 is 1.50 bits per heavy atom. The number of rotatable bonds is 4. The molecule has 1 aliphatic rings. The first-order valence-corrected chi connectivity index (χ1v) is 6.89. The molecule has 1 aromatic rings. The fourth-order valence-electron chi connectivity index (χ4n) is 2.04. The van der Waals surface area contributed by atoms with Gasteiger partial charge in [-0.05, 0) is 37.5 Å². The number of phenols is 1. The first kappa shape index (κ1) is 13.2. The van der Waals surface area contributed by atoms with Crippen LogP contribution in [0.5, 0.6) is 5.75 Å². The number of thioether (sulfide) groups is 1. The third-order valence-electron chi connectivity index (χ3n) is 3.17. The minimum absolute atomic E-state index is 0.180. The molecule has 0 saturated carbocycles. The Kier molecular flexibility index (Phi) is 3.82. The predicted molar refractivity (Wildman–Crippen MR) is 71.9 cm³/mol. The zero-order valence-corrected chi connectivity index (χ0v) is 11.0. The third-order valence-corrected chi connectivity index (χ3v) is 4.63. The van der Waals surface area contributed by atoms with Crippen molar-refractivity contribution in [3.8, 4) is 5.75 Å². The quantitative estimate of drug-likeness (QED) is 0.776. The summed E-state index contributed by atoms with van der Waals surface area (Å²) in [4.78, 5) is 10.7. The summed E-state index contributed by atoms with van der Waals surface area (Å²) in [6.45, 7) is 2.04. The second-order valence-electron chi connectivity index (χ2n) is 4.74. The fraction of sp³-hybridized carbons (Fsp3) is 0.462. The molecule has 1 saturated heterocycles. The van der Waals surface area contributed by atoms with Gasteiger partial charge in [-0.2, -0.15) is 0 Å². The highest BCUT2D eigenvalue weighted by atomic mass is 32.2. The van der Waals surface area contributed by atoms with Crippen LogP contribution in [0.3, 0.4) is 0 Å². The van der Waals surface area contributed by atoms with Crippen molar-refractivity contribution < 1.29 is 15.0 Å². The normalized spacial score (nSPS) is 27.3. The van der Waals surface area contributed by atoms with Gasteiger partial charge in [0.05, 0.1) is 4.87 Å². The molecule has 3 N–H and O–H groups in total. The lowest BCUT2D eigenvalue weighted by atomic mass is 10.1. The van der Waals surface area contributed by atoms with Crippen molar-refractivity contribution >= 4 is 17.7 Å². The molecule has 1 fully saturated rings. The molecule has 2 rings (SSSR count). The first-order chi connectivity index (χ1) is 8.48. The maximum atomic E-state index is 10.9. The molecular formula is C13H17NO3S. The van der Waals surface area contributed by atoms with Gasteiger partial charge < -0.3 is 10.2 Å². The van der Waals surface area contributed by atoms with Gasteiger partial charge >= 0.3 is 5.97 Å². The van der Waals surface area contributed by atoms with E-state index in [9.17, 15) is 9.90 Å². The number of carboxylic acid groups (broad SMARTS) is 1.